The van der Waals surface area contributed by atoms with Gasteiger partial charge in [-0.2, -0.15) is 0 Å². The molecule has 0 heterocycles. The van der Waals surface area contributed by atoms with Crippen molar-refractivity contribution in [1.82, 2.24) is 0 Å². The minimum absolute atomic E-state index is 0.149. The Morgan fingerprint density at radius 2 is 2.00 bits per heavy atom. The number of halogens is 1. The number of carbonyl (C=O) groups excluding carboxylic acids is 1. The van der Waals surface area contributed by atoms with Crippen LogP contribution in [0.15, 0.2) is 40.9 Å². The fourth-order valence-corrected chi connectivity index (χ4v) is 2.43. The van der Waals surface area contributed by atoms with Gasteiger partial charge in [-0.25, -0.2) is 0 Å². The molecule has 4 heteroatoms. The lowest BCUT2D eigenvalue weighted by Crippen LogP contribution is -2.13. The molecule has 0 aromatic heterocycles. The molecule has 2 rings (SSSR count). The van der Waals surface area contributed by atoms with Gasteiger partial charge in [0.15, 0.2) is 0 Å². The molecular weight excluding hydrogens is 316 g/mol. The molecule has 20 heavy (non-hydrogen) atoms. The lowest BCUT2D eigenvalue weighted by Gasteiger charge is -2.10. The van der Waals surface area contributed by atoms with Crippen LogP contribution in [0.5, 0.6) is 0 Å². The molecular formula is C16H17BrN2O. The molecule has 0 radical (unpaired) electrons. The Kier molecular flexibility index (Phi) is 4.45. The van der Waals surface area contributed by atoms with Crippen molar-refractivity contribution in [3.63, 3.8) is 0 Å². The summed E-state index contributed by atoms with van der Waals surface area (Å²) in [5.41, 5.74) is 10.1. The highest BCUT2D eigenvalue weighted by Crippen LogP contribution is 2.22. The van der Waals surface area contributed by atoms with Crippen LogP contribution in [-0.4, -0.2) is 5.91 Å². The molecule has 0 unspecified atom stereocenters. The molecule has 104 valence electrons. The second kappa shape index (κ2) is 6.09. The van der Waals surface area contributed by atoms with Crippen molar-refractivity contribution in [3.8, 4) is 0 Å². The molecule has 0 saturated carbocycles. The Hall–Kier alpha value is -1.81. The molecule has 0 aliphatic carbocycles. The van der Waals surface area contributed by atoms with E-state index in [0.717, 1.165) is 22.0 Å². The fraction of sp³-hybridized carbons (Fsp3) is 0.188. The van der Waals surface area contributed by atoms with E-state index in [4.69, 9.17) is 5.73 Å². The van der Waals surface area contributed by atoms with Crippen LogP contribution in [-0.2, 0) is 6.42 Å². The van der Waals surface area contributed by atoms with Gasteiger partial charge in [-0.3, -0.25) is 4.79 Å². The molecule has 0 aliphatic heterocycles. The minimum atomic E-state index is -0.149. The monoisotopic (exact) mass is 332 g/mol. The smallest absolute Gasteiger partial charge is 0.256 e. The first-order chi connectivity index (χ1) is 9.51. The molecule has 0 saturated heterocycles. The van der Waals surface area contributed by atoms with Crippen molar-refractivity contribution in [3.05, 3.63) is 57.6 Å². The Morgan fingerprint density at radius 1 is 1.25 bits per heavy atom. The van der Waals surface area contributed by atoms with E-state index in [0.29, 0.717) is 16.9 Å². The van der Waals surface area contributed by atoms with Crippen molar-refractivity contribution in [2.45, 2.75) is 20.3 Å². The summed E-state index contributed by atoms with van der Waals surface area (Å²) in [7, 11) is 0. The summed E-state index contributed by atoms with van der Waals surface area (Å²) in [5, 5.41) is 2.87. The number of benzene rings is 2. The van der Waals surface area contributed by atoms with E-state index in [2.05, 4.69) is 21.2 Å². The Morgan fingerprint density at radius 3 is 2.65 bits per heavy atom. The number of nitrogen functional groups attached to an aromatic ring is 1. The quantitative estimate of drug-likeness (QED) is 0.829. The number of aryl methyl sites for hydroxylation is 2. The summed E-state index contributed by atoms with van der Waals surface area (Å²) in [5.74, 6) is -0.149. The molecule has 3 nitrogen and oxygen atoms in total. The standard InChI is InChI=1S/C16H17BrN2O/c1-3-11-5-6-12(9-15(11)18)19-16(20)13-8-10(2)4-7-14(13)17/h4-9H,3,18H2,1-2H3,(H,19,20). The number of rotatable bonds is 3. The van der Waals surface area contributed by atoms with Gasteiger partial charge >= 0.3 is 0 Å². The first kappa shape index (κ1) is 14.6. The van der Waals surface area contributed by atoms with Crippen molar-refractivity contribution >= 4 is 33.2 Å². The topological polar surface area (TPSA) is 55.1 Å². The highest BCUT2D eigenvalue weighted by Gasteiger charge is 2.11. The predicted molar refractivity (Wildman–Crippen MR) is 87.1 cm³/mol. The van der Waals surface area contributed by atoms with E-state index >= 15 is 0 Å². The highest BCUT2D eigenvalue weighted by atomic mass is 79.9. The average molecular weight is 333 g/mol. The summed E-state index contributed by atoms with van der Waals surface area (Å²) >= 11 is 3.40. The van der Waals surface area contributed by atoms with Crippen LogP contribution in [0.2, 0.25) is 0 Å². The number of nitrogens with two attached hydrogens (primary N) is 1. The van der Waals surface area contributed by atoms with Gasteiger partial charge in [0.05, 0.1) is 5.56 Å². The Labute approximate surface area is 127 Å². The largest absolute Gasteiger partial charge is 0.398 e. The van der Waals surface area contributed by atoms with Gasteiger partial charge in [-0.1, -0.05) is 24.6 Å². The third-order valence-corrected chi connectivity index (χ3v) is 3.84. The summed E-state index contributed by atoms with van der Waals surface area (Å²) in [6.45, 7) is 4.01. The van der Waals surface area contributed by atoms with Crippen LogP contribution in [0.3, 0.4) is 0 Å². The number of hydrogen-bond donors (Lipinski definition) is 2. The second-order valence-electron chi connectivity index (χ2n) is 4.70. The molecule has 0 atom stereocenters. The molecule has 0 bridgehead atoms. The highest BCUT2D eigenvalue weighted by molar-refractivity contribution is 9.10. The summed E-state index contributed by atoms with van der Waals surface area (Å²) < 4.78 is 0.777. The molecule has 1 amide bonds. The Bertz CT molecular complexity index is 653. The number of nitrogens with one attached hydrogen (secondary N) is 1. The van der Waals surface area contributed by atoms with Gasteiger partial charge in [0.1, 0.15) is 0 Å². The third kappa shape index (κ3) is 3.20. The van der Waals surface area contributed by atoms with Gasteiger partial charge < -0.3 is 11.1 Å². The van der Waals surface area contributed by atoms with E-state index in [1.807, 2.05) is 44.2 Å². The molecule has 2 aromatic carbocycles. The van der Waals surface area contributed by atoms with E-state index in [1.54, 1.807) is 6.07 Å². The van der Waals surface area contributed by atoms with Gasteiger partial charge in [-0.05, 0) is 59.1 Å². The normalized spacial score (nSPS) is 10.3. The zero-order valence-corrected chi connectivity index (χ0v) is 13.1. The molecule has 3 N–H and O–H groups in total. The van der Waals surface area contributed by atoms with E-state index < -0.39 is 0 Å². The van der Waals surface area contributed by atoms with Crippen molar-refractivity contribution < 1.29 is 4.79 Å². The first-order valence-electron chi connectivity index (χ1n) is 6.47. The van der Waals surface area contributed by atoms with Crippen LogP contribution in [0, 0.1) is 6.92 Å². The van der Waals surface area contributed by atoms with Crippen LogP contribution in [0.1, 0.15) is 28.4 Å². The van der Waals surface area contributed by atoms with Crippen LogP contribution in [0.25, 0.3) is 0 Å². The lowest BCUT2D eigenvalue weighted by atomic mass is 10.1. The number of hydrogen-bond acceptors (Lipinski definition) is 2. The zero-order chi connectivity index (χ0) is 14.7. The third-order valence-electron chi connectivity index (χ3n) is 3.15. The van der Waals surface area contributed by atoms with E-state index in [1.165, 1.54) is 0 Å². The number of carbonyl (C=O) groups is 1. The van der Waals surface area contributed by atoms with Gasteiger partial charge in [0.2, 0.25) is 0 Å². The molecule has 0 aliphatic rings. The Balaban J connectivity index is 2.23. The number of amides is 1. The molecule has 0 spiro atoms. The maximum Gasteiger partial charge on any atom is 0.256 e. The number of anilines is 2. The van der Waals surface area contributed by atoms with E-state index in [9.17, 15) is 4.79 Å². The molecule has 2 aromatic rings. The zero-order valence-electron chi connectivity index (χ0n) is 11.5. The van der Waals surface area contributed by atoms with Crippen LogP contribution in [0.4, 0.5) is 11.4 Å². The minimum Gasteiger partial charge on any atom is -0.398 e. The first-order valence-corrected chi connectivity index (χ1v) is 7.26. The van der Waals surface area contributed by atoms with E-state index in [-0.39, 0.29) is 5.91 Å². The van der Waals surface area contributed by atoms with Gasteiger partial charge in [-0.15, -0.1) is 0 Å². The van der Waals surface area contributed by atoms with Crippen LogP contribution >= 0.6 is 15.9 Å². The SMILES string of the molecule is CCc1ccc(NC(=O)c2cc(C)ccc2Br)cc1N. The summed E-state index contributed by atoms with van der Waals surface area (Å²) in [6, 6.07) is 11.3. The van der Waals surface area contributed by atoms with Gasteiger partial charge in [0, 0.05) is 15.8 Å². The second-order valence-corrected chi connectivity index (χ2v) is 5.56. The van der Waals surface area contributed by atoms with Crippen LogP contribution < -0.4 is 11.1 Å². The lowest BCUT2D eigenvalue weighted by molar-refractivity contribution is 0.102. The fourth-order valence-electron chi connectivity index (χ4n) is 2.01. The van der Waals surface area contributed by atoms with Crippen molar-refractivity contribution in [2.24, 2.45) is 0 Å². The average Bonchev–Trinajstić information content (AvgIpc) is 2.41. The van der Waals surface area contributed by atoms with Gasteiger partial charge in [0.25, 0.3) is 5.91 Å². The summed E-state index contributed by atoms with van der Waals surface area (Å²) in [6.07, 6.45) is 0.878. The summed E-state index contributed by atoms with van der Waals surface area (Å²) in [4.78, 5) is 12.3. The van der Waals surface area contributed by atoms with Crippen molar-refractivity contribution in [1.29, 1.82) is 0 Å². The predicted octanol–water partition coefficient (Wildman–Crippen LogP) is 4.15. The maximum absolute atomic E-state index is 12.3. The van der Waals surface area contributed by atoms with Crippen molar-refractivity contribution in [2.75, 3.05) is 11.1 Å². The molecule has 0 fully saturated rings. The maximum atomic E-state index is 12.3.